The predicted molar refractivity (Wildman–Crippen MR) is 43.6 cm³/mol. The molecule has 0 aliphatic rings. The van der Waals surface area contributed by atoms with Gasteiger partial charge in [-0.15, -0.1) is 0 Å². The van der Waals surface area contributed by atoms with Crippen LogP contribution in [0, 0.1) is 0 Å². The maximum atomic E-state index is 4.77. The molecular formula is C5H8O2S2. The van der Waals surface area contributed by atoms with E-state index >= 15 is 0 Å². The Bertz CT molecular complexity index is 108. The van der Waals surface area contributed by atoms with Crippen LogP contribution in [0.3, 0.4) is 0 Å². The third-order valence-electron chi connectivity index (χ3n) is 0.524. The summed E-state index contributed by atoms with van der Waals surface area (Å²) in [4.78, 5) is 0. The van der Waals surface area contributed by atoms with Crippen molar-refractivity contribution < 1.29 is 9.47 Å². The van der Waals surface area contributed by atoms with Gasteiger partial charge in [-0.25, -0.2) is 0 Å². The first-order chi connectivity index (χ1) is 4.13. The summed E-state index contributed by atoms with van der Waals surface area (Å²) in [5.74, 6) is 0. The van der Waals surface area contributed by atoms with Crippen LogP contribution in [0.2, 0.25) is 0 Å². The highest BCUT2D eigenvalue weighted by atomic mass is 32.1. The number of rotatable bonds is 2. The molecule has 52 valence electrons. The highest BCUT2D eigenvalue weighted by Crippen LogP contribution is 1.84. The number of thiocarbonyl (C=S) groups is 2. The third-order valence-corrected chi connectivity index (χ3v) is 0.760. The van der Waals surface area contributed by atoms with Crippen LogP contribution in [0.5, 0.6) is 0 Å². The minimum atomic E-state index is 0.130. The monoisotopic (exact) mass is 164 g/mol. The van der Waals surface area contributed by atoms with Crippen LogP contribution in [0.1, 0.15) is 13.8 Å². The van der Waals surface area contributed by atoms with Crippen molar-refractivity contribution in [3.8, 4) is 0 Å². The van der Waals surface area contributed by atoms with Crippen molar-refractivity contribution in [3.05, 3.63) is 0 Å². The second-order valence-corrected chi connectivity index (χ2v) is 2.54. The molecule has 0 atom stereocenters. The first kappa shape index (κ1) is 8.78. The Balaban J connectivity index is 3.10. The van der Waals surface area contributed by atoms with E-state index in [9.17, 15) is 0 Å². The van der Waals surface area contributed by atoms with Gasteiger partial charge in [-0.3, -0.25) is 0 Å². The number of ether oxygens (including phenoxy) is 2. The molecule has 0 rings (SSSR count). The molecule has 0 saturated heterocycles. The van der Waals surface area contributed by atoms with Crippen LogP contribution < -0.4 is 0 Å². The lowest BCUT2D eigenvalue weighted by Gasteiger charge is -2.03. The van der Waals surface area contributed by atoms with E-state index < -0.39 is 0 Å². The molecule has 0 spiro atoms. The molecule has 0 aromatic carbocycles. The lowest BCUT2D eigenvalue weighted by Crippen LogP contribution is -2.04. The molecule has 0 heterocycles. The zero-order valence-electron chi connectivity index (χ0n) is 5.34. The van der Waals surface area contributed by atoms with Crippen molar-refractivity contribution in [1.29, 1.82) is 0 Å². The summed E-state index contributed by atoms with van der Waals surface area (Å²) in [5.41, 5.74) is 0. The van der Waals surface area contributed by atoms with E-state index in [0.717, 1.165) is 0 Å². The fourth-order valence-corrected chi connectivity index (χ4v) is 0.292. The van der Waals surface area contributed by atoms with Crippen LogP contribution in [0.15, 0.2) is 0 Å². The van der Waals surface area contributed by atoms with Gasteiger partial charge in [0.05, 0.1) is 0 Å². The summed E-state index contributed by atoms with van der Waals surface area (Å²) >= 11 is 9.20. The molecule has 0 saturated carbocycles. The van der Waals surface area contributed by atoms with E-state index in [1.807, 2.05) is 0 Å². The largest absolute Gasteiger partial charge is 0.451 e. The second kappa shape index (κ2) is 4.64. The van der Waals surface area contributed by atoms with E-state index in [1.54, 1.807) is 13.8 Å². The first-order valence-electron chi connectivity index (χ1n) is 2.39. The maximum Gasteiger partial charge on any atom is 0.232 e. The lowest BCUT2D eigenvalue weighted by atomic mass is 10.8. The van der Waals surface area contributed by atoms with Gasteiger partial charge >= 0.3 is 0 Å². The molecule has 4 heteroatoms. The molecule has 9 heavy (non-hydrogen) atoms. The summed E-state index contributed by atoms with van der Waals surface area (Å²) in [6.45, 7) is 3.49. The van der Waals surface area contributed by atoms with Gasteiger partial charge in [0.1, 0.15) is 0 Å². The van der Waals surface area contributed by atoms with Crippen LogP contribution in [-0.2, 0) is 9.47 Å². The molecule has 0 aromatic heterocycles. The summed E-state index contributed by atoms with van der Waals surface area (Å²) < 4.78 is 9.55. The minimum absolute atomic E-state index is 0.130. The van der Waals surface area contributed by atoms with E-state index in [-0.39, 0.29) is 6.79 Å². The van der Waals surface area contributed by atoms with Crippen LogP contribution in [0.25, 0.3) is 0 Å². The Labute approximate surface area is 65.1 Å². The number of hydrogen-bond donors (Lipinski definition) is 0. The van der Waals surface area contributed by atoms with Crippen molar-refractivity contribution in [1.82, 2.24) is 0 Å². The SMILES string of the molecule is CC(=S)OCOC(C)=S. The molecule has 2 nitrogen and oxygen atoms in total. The van der Waals surface area contributed by atoms with Crippen LogP contribution in [0.4, 0.5) is 0 Å². The van der Waals surface area contributed by atoms with Crippen molar-refractivity contribution in [2.45, 2.75) is 13.8 Å². The van der Waals surface area contributed by atoms with Crippen LogP contribution >= 0.6 is 24.4 Å². The number of hydrogen-bond acceptors (Lipinski definition) is 4. The van der Waals surface area contributed by atoms with Crippen molar-refractivity contribution in [2.75, 3.05) is 6.79 Å². The van der Waals surface area contributed by atoms with Crippen molar-refractivity contribution in [2.24, 2.45) is 0 Å². The minimum Gasteiger partial charge on any atom is -0.451 e. The normalized spacial score (nSPS) is 8.22. The second-order valence-electron chi connectivity index (χ2n) is 1.39. The molecule has 0 aliphatic carbocycles. The first-order valence-corrected chi connectivity index (χ1v) is 3.21. The molecule has 0 N–H and O–H groups in total. The molecule has 0 amide bonds. The molecule has 0 aliphatic heterocycles. The average Bonchev–Trinajstić information content (AvgIpc) is 1.63. The Morgan fingerprint density at radius 3 is 1.67 bits per heavy atom. The van der Waals surface area contributed by atoms with E-state index in [4.69, 9.17) is 9.47 Å². The summed E-state index contributed by atoms with van der Waals surface area (Å²) in [5, 5.41) is 0.928. The standard InChI is InChI=1S/C5H8O2S2/c1-4(8)6-3-7-5(2)9/h3H2,1-2H3. The van der Waals surface area contributed by atoms with Crippen molar-refractivity contribution >= 4 is 34.5 Å². The Hall–Kier alpha value is -0.220. The highest BCUT2D eigenvalue weighted by Gasteiger charge is 1.87. The Morgan fingerprint density at radius 1 is 1.11 bits per heavy atom. The van der Waals surface area contributed by atoms with Crippen molar-refractivity contribution in [3.63, 3.8) is 0 Å². The van der Waals surface area contributed by atoms with Gasteiger partial charge in [-0.05, 0) is 24.4 Å². The maximum absolute atomic E-state index is 4.77. The quantitative estimate of drug-likeness (QED) is 0.456. The van der Waals surface area contributed by atoms with Gasteiger partial charge in [-0.2, -0.15) is 0 Å². The van der Waals surface area contributed by atoms with Gasteiger partial charge in [-0.1, -0.05) is 0 Å². The van der Waals surface area contributed by atoms with Crippen LogP contribution in [-0.4, -0.2) is 16.9 Å². The molecule has 0 unspecified atom stereocenters. The summed E-state index contributed by atoms with van der Waals surface area (Å²) in [6, 6.07) is 0. The predicted octanol–water partition coefficient (Wildman–Crippen LogP) is 1.67. The van der Waals surface area contributed by atoms with E-state index in [0.29, 0.717) is 10.1 Å². The molecule has 0 fully saturated rings. The lowest BCUT2D eigenvalue weighted by molar-refractivity contribution is 0.105. The zero-order chi connectivity index (χ0) is 7.28. The third kappa shape index (κ3) is 7.78. The van der Waals surface area contributed by atoms with Gasteiger partial charge in [0.25, 0.3) is 0 Å². The fourth-order valence-electron chi connectivity index (χ4n) is 0.195. The highest BCUT2D eigenvalue weighted by molar-refractivity contribution is 7.80. The van der Waals surface area contributed by atoms with Gasteiger partial charge < -0.3 is 9.47 Å². The van der Waals surface area contributed by atoms with Gasteiger partial charge in [0.15, 0.2) is 10.1 Å². The molecular weight excluding hydrogens is 156 g/mol. The van der Waals surface area contributed by atoms with E-state index in [2.05, 4.69) is 24.4 Å². The zero-order valence-corrected chi connectivity index (χ0v) is 6.97. The molecule has 0 radical (unpaired) electrons. The fraction of sp³-hybridized carbons (Fsp3) is 0.600. The molecule has 0 bridgehead atoms. The van der Waals surface area contributed by atoms with Gasteiger partial charge in [0.2, 0.25) is 6.79 Å². The van der Waals surface area contributed by atoms with E-state index in [1.165, 1.54) is 0 Å². The molecule has 0 aromatic rings. The summed E-state index contributed by atoms with van der Waals surface area (Å²) in [6.07, 6.45) is 0. The summed E-state index contributed by atoms with van der Waals surface area (Å²) in [7, 11) is 0. The average molecular weight is 164 g/mol. The smallest absolute Gasteiger partial charge is 0.232 e. The van der Waals surface area contributed by atoms with Gasteiger partial charge in [0, 0.05) is 13.8 Å². The Kier molecular flexibility index (Phi) is 4.53. The Morgan fingerprint density at radius 2 is 1.44 bits per heavy atom. The topological polar surface area (TPSA) is 18.5 Å².